The van der Waals surface area contributed by atoms with Gasteiger partial charge in [-0.3, -0.25) is 0 Å². The molecule has 0 aliphatic carbocycles. The second-order valence-electron chi connectivity index (χ2n) is 2.72. The lowest BCUT2D eigenvalue weighted by Crippen LogP contribution is -1.88. The molecule has 2 rings (SSSR count). The summed E-state index contributed by atoms with van der Waals surface area (Å²) in [4.78, 5) is 0. The van der Waals surface area contributed by atoms with Crippen LogP contribution < -0.4 is 0 Å². The summed E-state index contributed by atoms with van der Waals surface area (Å²) < 4.78 is 0. The highest BCUT2D eigenvalue weighted by atomic mass is 35.5. The number of nitrogens with zero attached hydrogens (tertiary/aromatic N) is 3. The number of tetrazole rings is 1. The van der Waals surface area contributed by atoms with Crippen molar-refractivity contribution in [3.8, 4) is 0 Å². The minimum Gasteiger partial charge on any atom is -0.177 e. The fourth-order valence-electron chi connectivity index (χ4n) is 1.09. The van der Waals surface area contributed by atoms with Gasteiger partial charge in [-0.25, -0.2) is 0 Å². The van der Waals surface area contributed by atoms with Gasteiger partial charge >= 0.3 is 0 Å². The minimum absolute atomic E-state index is 0.479. The van der Waals surface area contributed by atoms with Crippen LogP contribution in [0.3, 0.4) is 0 Å². The number of nitrogens with one attached hydrogen (secondary N) is 1. The fourth-order valence-corrected chi connectivity index (χ4v) is 1.29. The van der Waals surface area contributed by atoms with E-state index in [0.29, 0.717) is 16.4 Å². The van der Waals surface area contributed by atoms with Crippen LogP contribution in [-0.4, -0.2) is 20.6 Å². The Morgan fingerprint density at radius 2 is 2.29 bits per heavy atom. The zero-order valence-electron chi connectivity index (χ0n) is 7.24. The van der Waals surface area contributed by atoms with E-state index in [1.807, 2.05) is 12.1 Å². The van der Waals surface area contributed by atoms with E-state index in [4.69, 9.17) is 11.6 Å². The number of hydrogen-bond donors (Lipinski definition) is 1. The van der Waals surface area contributed by atoms with Gasteiger partial charge < -0.3 is 0 Å². The Bertz CT molecular complexity index is 450. The second kappa shape index (κ2) is 3.59. The van der Waals surface area contributed by atoms with Crippen molar-refractivity contribution in [3.05, 3.63) is 47.3 Å². The quantitative estimate of drug-likeness (QED) is 0.817. The molecule has 0 amide bonds. The van der Waals surface area contributed by atoms with Crippen LogP contribution in [0.25, 0.3) is 5.57 Å². The van der Waals surface area contributed by atoms with Gasteiger partial charge in [-0.2, -0.15) is 5.21 Å². The molecule has 1 aromatic carbocycles. The highest BCUT2D eigenvalue weighted by Gasteiger charge is 2.06. The van der Waals surface area contributed by atoms with Crippen molar-refractivity contribution in [2.45, 2.75) is 0 Å². The van der Waals surface area contributed by atoms with Crippen molar-refractivity contribution < 1.29 is 0 Å². The summed E-state index contributed by atoms with van der Waals surface area (Å²) in [6.45, 7) is 3.86. The maximum atomic E-state index is 5.84. The Balaban J connectivity index is 2.37. The normalized spacial score (nSPS) is 10.1. The van der Waals surface area contributed by atoms with E-state index in [-0.39, 0.29) is 0 Å². The number of H-pyrrole nitrogens is 1. The summed E-state index contributed by atoms with van der Waals surface area (Å²) in [5, 5.41) is 14.2. The Hall–Kier alpha value is -1.68. The molecule has 0 spiro atoms. The average molecular weight is 207 g/mol. The third kappa shape index (κ3) is 1.65. The molecule has 0 saturated carbocycles. The molecule has 0 aliphatic rings. The molecule has 14 heavy (non-hydrogen) atoms. The molecule has 4 nitrogen and oxygen atoms in total. The molecular weight excluding hydrogens is 200 g/mol. The second-order valence-corrected chi connectivity index (χ2v) is 3.16. The van der Waals surface area contributed by atoms with Crippen molar-refractivity contribution in [1.82, 2.24) is 20.6 Å². The number of benzene rings is 1. The molecule has 1 aromatic heterocycles. The van der Waals surface area contributed by atoms with Crippen molar-refractivity contribution in [2.75, 3.05) is 0 Å². The first kappa shape index (κ1) is 8.90. The molecular formula is C9H7ClN4. The van der Waals surface area contributed by atoms with Crippen LogP contribution in [0.4, 0.5) is 0 Å². The van der Waals surface area contributed by atoms with Gasteiger partial charge in [0.15, 0.2) is 0 Å². The van der Waals surface area contributed by atoms with E-state index in [1.54, 1.807) is 12.1 Å². The van der Waals surface area contributed by atoms with Crippen molar-refractivity contribution >= 4 is 17.2 Å². The van der Waals surface area contributed by atoms with Gasteiger partial charge in [0.2, 0.25) is 5.82 Å². The lowest BCUT2D eigenvalue weighted by Gasteiger charge is -2.00. The average Bonchev–Trinajstić information content (AvgIpc) is 2.69. The SMILES string of the molecule is C=C(c1cccc(Cl)c1)c1nn[nH]n1. The predicted molar refractivity (Wildman–Crippen MR) is 53.8 cm³/mol. The zero-order valence-corrected chi connectivity index (χ0v) is 7.99. The van der Waals surface area contributed by atoms with E-state index in [0.717, 1.165) is 5.56 Å². The van der Waals surface area contributed by atoms with Gasteiger partial charge in [0.1, 0.15) is 0 Å². The maximum Gasteiger partial charge on any atom is 0.204 e. The van der Waals surface area contributed by atoms with E-state index in [9.17, 15) is 0 Å². The summed E-state index contributed by atoms with van der Waals surface area (Å²) in [5.74, 6) is 0.479. The summed E-state index contributed by atoms with van der Waals surface area (Å²) in [5.41, 5.74) is 1.58. The standard InChI is InChI=1S/C9H7ClN4/c1-6(9-11-13-14-12-9)7-3-2-4-8(10)5-7/h2-5H,1H2,(H,11,12,13,14). The Labute approximate surface area is 85.6 Å². The van der Waals surface area contributed by atoms with Gasteiger partial charge in [0, 0.05) is 10.6 Å². The van der Waals surface area contributed by atoms with Crippen molar-refractivity contribution in [3.63, 3.8) is 0 Å². The van der Waals surface area contributed by atoms with Crippen LogP contribution in [0, 0.1) is 0 Å². The smallest absolute Gasteiger partial charge is 0.177 e. The monoisotopic (exact) mass is 206 g/mol. The lowest BCUT2D eigenvalue weighted by atomic mass is 10.1. The van der Waals surface area contributed by atoms with Gasteiger partial charge in [0.25, 0.3) is 0 Å². The van der Waals surface area contributed by atoms with Crippen LogP contribution >= 0.6 is 11.6 Å². The van der Waals surface area contributed by atoms with Crippen LogP contribution in [0.2, 0.25) is 5.02 Å². The molecule has 0 aliphatic heterocycles. The third-order valence-electron chi connectivity index (χ3n) is 1.79. The van der Waals surface area contributed by atoms with Crippen LogP contribution in [0.15, 0.2) is 30.8 Å². The topological polar surface area (TPSA) is 54.5 Å². The molecule has 2 aromatic rings. The predicted octanol–water partition coefficient (Wildman–Crippen LogP) is 1.91. The number of hydrogen-bond acceptors (Lipinski definition) is 3. The molecule has 0 radical (unpaired) electrons. The Kier molecular flexibility index (Phi) is 2.28. The van der Waals surface area contributed by atoms with Crippen LogP contribution in [-0.2, 0) is 0 Å². The summed E-state index contributed by atoms with van der Waals surface area (Å²) in [6.07, 6.45) is 0. The maximum absolute atomic E-state index is 5.84. The highest BCUT2D eigenvalue weighted by molar-refractivity contribution is 6.30. The first-order chi connectivity index (χ1) is 6.77. The number of aromatic amines is 1. The first-order valence-corrected chi connectivity index (χ1v) is 4.34. The lowest BCUT2D eigenvalue weighted by molar-refractivity contribution is 0.881. The van der Waals surface area contributed by atoms with E-state index in [2.05, 4.69) is 27.2 Å². The Morgan fingerprint density at radius 1 is 1.43 bits per heavy atom. The van der Waals surface area contributed by atoms with Crippen molar-refractivity contribution in [2.24, 2.45) is 0 Å². The summed E-state index contributed by atoms with van der Waals surface area (Å²) in [7, 11) is 0. The number of halogens is 1. The summed E-state index contributed by atoms with van der Waals surface area (Å²) >= 11 is 5.84. The zero-order chi connectivity index (χ0) is 9.97. The molecule has 0 atom stereocenters. The largest absolute Gasteiger partial charge is 0.204 e. The molecule has 70 valence electrons. The van der Waals surface area contributed by atoms with Gasteiger partial charge in [-0.05, 0) is 22.9 Å². The van der Waals surface area contributed by atoms with Crippen LogP contribution in [0.1, 0.15) is 11.4 Å². The first-order valence-electron chi connectivity index (χ1n) is 3.96. The molecule has 5 heteroatoms. The molecule has 0 fully saturated rings. The van der Waals surface area contributed by atoms with Gasteiger partial charge in [-0.15, -0.1) is 10.2 Å². The fraction of sp³-hybridized carbons (Fsp3) is 0. The third-order valence-corrected chi connectivity index (χ3v) is 2.02. The number of aromatic nitrogens is 4. The van der Waals surface area contributed by atoms with Gasteiger partial charge in [-0.1, -0.05) is 30.3 Å². The van der Waals surface area contributed by atoms with Gasteiger partial charge in [0.05, 0.1) is 0 Å². The van der Waals surface area contributed by atoms with E-state index < -0.39 is 0 Å². The molecule has 0 bridgehead atoms. The molecule has 0 unspecified atom stereocenters. The summed E-state index contributed by atoms with van der Waals surface area (Å²) in [6, 6.07) is 7.35. The van der Waals surface area contributed by atoms with Crippen LogP contribution in [0.5, 0.6) is 0 Å². The molecule has 1 heterocycles. The Morgan fingerprint density at radius 3 is 2.93 bits per heavy atom. The van der Waals surface area contributed by atoms with Crippen molar-refractivity contribution in [1.29, 1.82) is 0 Å². The van der Waals surface area contributed by atoms with E-state index in [1.165, 1.54) is 0 Å². The highest BCUT2D eigenvalue weighted by Crippen LogP contribution is 2.20. The van der Waals surface area contributed by atoms with E-state index >= 15 is 0 Å². The minimum atomic E-state index is 0.479. The molecule has 0 saturated heterocycles. The number of rotatable bonds is 2. The molecule has 1 N–H and O–H groups in total.